The molecule has 1 aliphatic heterocycles. The number of aromatic nitrogens is 2. The molecule has 7 nitrogen and oxygen atoms in total. The van der Waals surface area contributed by atoms with Crippen LogP contribution in [0.25, 0.3) is 11.1 Å². The molecule has 3 heterocycles. The molecule has 0 spiro atoms. The van der Waals surface area contributed by atoms with Crippen molar-refractivity contribution < 1.29 is 9.21 Å². The van der Waals surface area contributed by atoms with Crippen LogP contribution in [0, 0.1) is 18.8 Å². The fraction of sp³-hybridized carbons (Fsp3) is 0.650. The van der Waals surface area contributed by atoms with Crippen molar-refractivity contribution in [2.75, 3.05) is 26.2 Å². The molecule has 1 fully saturated rings. The van der Waals surface area contributed by atoms with E-state index in [0.29, 0.717) is 30.3 Å². The van der Waals surface area contributed by atoms with Gasteiger partial charge >= 0.3 is 0 Å². The van der Waals surface area contributed by atoms with Gasteiger partial charge in [-0.1, -0.05) is 20.8 Å². The van der Waals surface area contributed by atoms with Crippen LogP contribution in [0.4, 0.5) is 0 Å². The number of piperidine rings is 1. The summed E-state index contributed by atoms with van der Waals surface area (Å²) >= 11 is 0. The first-order chi connectivity index (χ1) is 12.9. The molecule has 0 radical (unpaired) electrons. The van der Waals surface area contributed by atoms with E-state index in [2.05, 4.69) is 22.1 Å². The summed E-state index contributed by atoms with van der Waals surface area (Å²) in [6, 6.07) is 0. The predicted molar refractivity (Wildman–Crippen MR) is 105 cm³/mol. The number of hydrogen-bond acceptors (Lipinski definition) is 5. The Bertz CT molecular complexity index is 860. The van der Waals surface area contributed by atoms with E-state index in [1.165, 1.54) is 19.2 Å². The highest BCUT2D eigenvalue weighted by molar-refractivity contribution is 6.06. The summed E-state index contributed by atoms with van der Waals surface area (Å²) in [5.74, 6) is 1.26. The highest BCUT2D eigenvalue weighted by atomic mass is 16.3. The van der Waals surface area contributed by atoms with E-state index in [-0.39, 0.29) is 22.6 Å². The number of hydrogen-bond donors (Lipinski definition) is 1. The Morgan fingerprint density at radius 3 is 2.74 bits per heavy atom. The maximum Gasteiger partial charge on any atom is 0.265 e. The quantitative estimate of drug-likeness (QED) is 0.840. The number of likely N-dealkylation sites (tertiary alicyclic amines) is 1. The fourth-order valence-corrected chi connectivity index (χ4v) is 3.64. The van der Waals surface area contributed by atoms with Crippen LogP contribution in [-0.4, -0.2) is 46.5 Å². The summed E-state index contributed by atoms with van der Waals surface area (Å²) in [5.41, 5.74) is 0.321. The van der Waals surface area contributed by atoms with Crippen LogP contribution < -0.4 is 10.9 Å². The number of furan rings is 1. The van der Waals surface area contributed by atoms with E-state index >= 15 is 0 Å². The summed E-state index contributed by atoms with van der Waals surface area (Å²) in [4.78, 5) is 32.2. The summed E-state index contributed by atoms with van der Waals surface area (Å²) in [7, 11) is 0. The number of fused-ring (bicyclic) bond motifs is 1. The molecule has 1 amide bonds. The van der Waals surface area contributed by atoms with Crippen molar-refractivity contribution in [1.82, 2.24) is 19.8 Å². The van der Waals surface area contributed by atoms with E-state index in [0.717, 1.165) is 25.6 Å². The van der Waals surface area contributed by atoms with Gasteiger partial charge < -0.3 is 14.6 Å². The average Bonchev–Trinajstić information content (AvgIpc) is 2.95. The Kier molecular flexibility index (Phi) is 5.99. The first kappa shape index (κ1) is 19.6. The molecule has 7 heteroatoms. The van der Waals surface area contributed by atoms with Crippen molar-refractivity contribution in [3.8, 4) is 0 Å². The van der Waals surface area contributed by atoms with Crippen LogP contribution in [0.15, 0.2) is 15.5 Å². The van der Waals surface area contributed by atoms with Gasteiger partial charge in [0.2, 0.25) is 5.71 Å². The predicted octanol–water partition coefficient (Wildman–Crippen LogP) is 2.42. The van der Waals surface area contributed by atoms with Crippen molar-refractivity contribution in [3.05, 3.63) is 28.0 Å². The second-order valence-electron chi connectivity index (χ2n) is 8.09. The van der Waals surface area contributed by atoms with Gasteiger partial charge in [-0.3, -0.25) is 14.2 Å². The minimum absolute atomic E-state index is 0.222. The van der Waals surface area contributed by atoms with Gasteiger partial charge in [-0.15, -0.1) is 0 Å². The lowest BCUT2D eigenvalue weighted by Gasteiger charge is -2.30. The number of nitrogens with one attached hydrogen (secondary N) is 1. The minimum Gasteiger partial charge on any atom is -0.442 e. The Labute approximate surface area is 159 Å². The molecule has 0 saturated carbocycles. The molecule has 0 atom stereocenters. The zero-order chi connectivity index (χ0) is 19.6. The number of aryl methyl sites for hydroxylation is 1. The van der Waals surface area contributed by atoms with E-state index in [4.69, 9.17) is 4.42 Å². The Morgan fingerprint density at radius 2 is 2.07 bits per heavy atom. The molecule has 1 N–H and O–H groups in total. The molecule has 1 aliphatic rings. The number of carbonyl (C=O) groups is 1. The SMILES string of the molecule is Cc1oc2ncn(CC(C)C)c(=O)c2c1C(=O)NCCN1CCC(C)CC1. The average molecular weight is 374 g/mol. The zero-order valence-corrected chi connectivity index (χ0v) is 16.7. The highest BCUT2D eigenvalue weighted by Crippen LogP contribution is 2.21. The van der Waals surface area contributed by atoms with Gasteiger partial charge in [0.15, 0.2) is 0 Å². The fourth-order valence-electron chi connectivity index (χ4n) is 3.64. The third-order valence-corrected chi connectivity index (χ3v) is 5.23. The van der Waals surface area contributed by atoms with Gasteiger partial charge in [0.25, 0.3) is 11.5 Å². The molecule has 148 valence electrons. The molecular weight excluding hydrogens is 344 g/mol. The summed E-state index contributed by atoms with van der Waals surface area (Å²) < 4.78 is 7.12. The van der Waals surface area contributed by atoms with E-state index < -0.39 is 0 Å². The summed E-state index contributed by atoms with van der Waals surface area (Å²) in [6.45, 7) is 12.1. The van der Waals surface area contributed by atoms with Crippen molar-refractivity contribution in [3.63, 3.8) is 0 Å². The van der Waals surface area contributed by atoms with Crippen molar-refractivity contribution >= 4 is 17.0 Å². The van der Waals surface area contributed by atoms with E-state index in [1.807, 2.05) is 13.8 Å². The molecule has 3 rings (SSSR count). The largest absolute Gasteiger partial charge is 0.442 e. The third-order valence-electron chi connectivity index (χ3n) is 5.23. The first-order valence-corrected chi connectivity index (χ1v) is 9.86. The van der Waals surface area contributed by atoms with Gasteiger partial charge in [0, 0.05) is 19.6 Å². The number of nitrogens with zero attached hydrogens (tertiary/aromatic N) is 3. The summed E-state index contributed by atoms with van der Waals surface area (Å²) in [5, 5.41) is 3.23. The standard InChI is InChI=1S/C20H30N4O3/c1-13(2)11-24-12-22-19-17(20(24)26)16(15(4)27-19)18(25)21-7-10-23-8-5-14(3)6-9-23/h12-14H,5-11H2,1-4H3,(H,21,25). The third kappa shape index (κ3) is 4.40. The second kappa shape index (κ2) is 8.25. The van der Waals surface area contributed by atoms with Crippen LogP contribution in [0.3, 0.4) is 0 Å². The molecular formula is C20H30N4O3. The molecule has 0 aliphatic carbocycles. The maximum atomic E-state index is 12.8. The molecule has 0 aromatic carbocycles. The molecule has 2 aromatic heterocycles. The van der Waals surface area contributed by atoms with Crippen LogP contribution >= 0.6 is 0 Å². The number of amides is 1. The topological polar surface area (TPSA) is 80.4 Å². The number of rotatable bonds is 6. The molecule has 2 aromatic rings. The summed E-state index contributed by atoms with van der Waals surface area (Å²) in [6.07, 6.45) is 3.91. The Balaban J connectivity index is 1.74. The van der Waals surface area contributed by atoms with Gasteiger partial charge in [-0.05, 0) is 44.7 Å². The minimum atomic E-state index is -0.266. The zero-order valence-electron chi connectivity index (χ0n) is 16.7. The van der Waals surface area contributed by atoms with E-state index in [9.17, 15) is 9.59 Å². The lowest BCUT2D eigenvalue weighted by molar-refractivity contribution is 0.0944. The first-order valence-electron chi connectivity index (χ1n) is 9.86. The second-order valence-corrected chi connectivity index (χ2v) is 8.09. The van der Waals surface area contributed by atoms with Gasteiger partial charge in [0.05, 0.1) is 5.56 Å². The van der Waals surface area contributed by atoms with Crippen LogP contribution in [0.2, 0.25) is 0 Å². The van der Waals surface area contributed by atoms with Gasteiger partial charge in [-0.25, -0.2) is 4.98 Å². The van der Waals surface area contributed by atoms with Crippen LogP contribution in [-0.2, 0) is 6.54 Å². The lowest BCUT2D eigenvalue weighted by atomic mass is 9.99. The lowest BCUT2D eigenvalue weighted by Crippen LogP contribution is -2.39. The van der Waals surface area contributed by atoms with Crippen LogP contribution in [0.1, 0.15) is 49.7 Å². The molecule has 1 saturated heterocycles. The number of carbonyl (C=O) groups excluding carboxylic acids is 1. The molecule has 0 unspecified atom stereocenters. The molecule has 0 bridgehead atoms. The van der Waals surface area contributed by atoms with Gasteiger partial charge in [0.1, 0.15) is 17.5 Å². The van der Waals surface area contributed by atoms with E-state index in [1.54, 1.807) is 11.5 Å². The van der Waals surface area contributed by atoms with Gasteiger partial charge in [-0.2, -0.15) is 0 Å². The Morgan fingerprint density at radius 1 is 1.37 bits per heavy atom. The smallest absolute Gasteiger partial charge is 0.265 e. The molecule has 27 heavy (non-hydrogen) atoms. The van der Waals surface area contributed by atoms with Crippen molar-refractivity contribution in [2.45, 2.75) is 47.1 Å². The van der Waals surface area contributed by atoms with Crippen molar-refractivity contribution in [2.24, 2.45) is 11.8 Å². The highest BCUT2D eigenvalue weighted by Gasteiger charge is 2.23. The monoisotopic (exact) mass is 374 g/mol. The maximum absolute atomic E-state index is 12.8. The normalized spacial score (nSPS) is 16.3. The van der Waals surface area contributed by atoms with Crippen molar-refractivity contribution in [1.29, 1.82) is 0 Å². The Hall–Kier alpha value is -2.15. The van der Waals surface area contributed by atoms with Crippen LogP contribution in [0.5, 0.6) is 0 Å².